The van der Waals surface area contributed by atoms with Gasteiger partial charge in [-0.25, -0.2) is 9.69 Å². The minimum Gasteiger partial charge on any atom is -0.453 e. The molecular weight excluding hydrogens is 446 g/mol. The van der Waals surface area contributed by atoms with Crippen LogP contribution in [0, 0.1) is 22.9 Å². The first-order chi connectivity index (χ1) is 15.9. The fourth-order valence-electron chi connectivity index (χ4n) is 2.38. The van der Waals surface area contributed by atoms with Gasteiger partial charge in [0.15, 0.2) is 12.4 Å². The number of guanidine groups is 2. The van der Waals surface area contributed by atoms with Crippen molar-refractivity contribution in [3.05, 3.63) is 18.2 Å². The summed E-state index contributed by atoms with van der Waals surface area (Å²) in [4.78, 5) is 33.7. The van der Waals surface area contributed by atoms with Gasteiger partial charge in [0.1, 0.15) is 0 Å². The number of rotatable bonds is 8. The van der Waals surface area contributed by atoms with Gasteiger partial charge in [-0.15, -0.1) is 11.8 Å². The Morgan fingerprint density at radius 2 is 2.00 bits per heavy atom. The molecule has 0 heterocycles. The summed E-state index contributed by atoms with van der Waals surface area (Å²) < 4.78 is 4.65. The largest absolute Gasteiger partial charge is 0.453 e. The number of methoxy groups -OCH3 is 1. The second-order valence-electron chi connectivity index (χ2n) is 6.24. The fraction of sp³-hybridized carbons (Fsp3) is 0.400. The van der Waals surface area contributed by atoms with Crippen LogP contribution in [0.15, 0.2) is 33.1 Å². The standard InChI is InChI=1S/C20H27N9O3S/c1-5-10-33-15-6-7-16(26-14(2)30)17(11-15)27-18(28-20(31)32-4)24-8-9-29(13-22)19(23-3)25-12-21/h6-7,11H,5,8-10H2,1-4H3,(H,23,25)(H,26,30)(H2,24,27,28,31). The Labute approximate surface area is 197 Å². The maximum absolute atomic E-state index is 11.8. The molecule has 0 spiro atoms. The summed E-state index contributed by atoms with van der Waals surface area (Å²) >= 11 is 1.65. The molecular formula is C20H27N9O3S. The molecule has 33 heavy (non-hydrogen) atoms. The molecule has 0 unspecified atom stereocenters. The normalized spacial score (nSPS) is 11.0. The van der Waals surface area contributed by atoms with Crippen molar-refractivity contribution in [1.29, 1.82) is 10.5 Å². The van der Waals surface area contributed by atoms with E-state index in [9.17, 15) is 14.9 Å². The van der Waals surface area contributed by atoms with Crippen LogP contribution in [0.5, 0.6) is 0 Å². The van der Waals surface area contributed by atoms with Crippen molar-refractivity contribution in [3.63, 3.8) is 0 Å². The molecule has 0 saturated heterocycles. The van der Waals surface area contributed by atoms with Gasteiger partial charge in [-0.2, -0.15) is 10.5 Å². The van der Waals surface area contributed by atoms with Crippen LogP contribution in [0.25, 0.3) is 0 Å². The van der Waals surface area contributed by atoms with Gasteiger partial charge in [-0.1, -0.05) is 6.92 Å². The quantitative estimate of drug-likeness (QED) is 0.145. The van der Waals surface area contributed by atoms with E-state index < -0.39 is 6.09 Å². The van der Waals surface area contributed by atoms with Crippen molar-refractivity contribution in [2.45, 2.75) is 25.2 Å². The third kappa shape index (κ3) is 9.80. The summed E-state index contributed by atoms with van der Waals surface area (Å²) in [5.41, 5.74) is 1.01. The van der Waals surface area contributed by atoms with Crippen molar-refractivity contribution in [1.82, 2.24) is 15.5 Å². The van der Waals surface area contributed by atoms with Gasteiger partial charge in [0, 0.05) is 18.9 Å². The molecule has 4 N–H and O–H groups in total. The molecule has 0 fully saturated rings. The smallest absolute Gasteiger partial charge is 0.413 e. The zero-order chi connectivity index (χ0) is 24.6. The van der Waals surface area contributed by atoms with Gasteiger partial charge in [-0.3, -0.25) is 25.4 Å². The van der Waals surface area contributed by atoms with Crippen molar-refractivity contribution in [2.24, 2.45) is 9.98 Å². The summed E-state index contributed by atoms with van der Waals surface area (Å²) in [6.45, 7) is 3.61. The number of carbonyl (C=O) groups is 2. The fourth-order valence-corrected chi connectivity index (χ4v) is 3.19. The minimum absolute atomic E-state index is 0.0483. The Morgan fingerprint density at radius 3 is 2.58 bits per heavy atom. The Balaban J connectivity index is 3.16. The van der Waals surface area contributed by atoms with E-state index in [0.717, 1.165) is 22.0 Å². The second kappa shape index (κ2) is 14.9. The van der Waals surface area contributed by atoms with Gasteiger partial charge in [0.2, 0.25) is 17.8 Å². The van der Waals surface area contributed by atoms with Crippen LogP contribution >= 0.6 is 11.8 Å². The molecule has 1 rings (SSSR count). The first-order valence-corrected chi connectivity index (χ1v) is 10.9. The van der Waals surface area contributed by atoms with Crippen LogP contribution in [-0.2, 0) is 9.53 Å². The SMILES string of the molecule is CCCSc1ccc(NC(C)=O)c(NC(=NCCN(C#N)C(=NC)NC#N)NC(=O)OC)c1. The van der Waals surface area contributed by atoms with E-state index in [4.69, 9.17) is 5.26 Å². The molecule has 13 heteroatoms. The number of hydrogen-bond acceptors (Lipinski definition) is 8. The van der Waals surface area contributed by atoms with E-state index in [1.165, 1.54) is 21.1 Å². The summed E-state index contributed by atoms with van der Waals surface area (Å²) in [5, 5.41) is 28.6. The molecule has 1 aromatic rings. The average Bonchev–Trinajstić information content (AvgIpc) is 2.80. The number of aliphatic imine (C=N–C) groups is 2. The number of benzene rings is 1. The highest BCUT2D eigenvalue weighted by atomic mass is 32.2. The van der Waals surface area contributed by atoms with Crippen molar-refractivity contribution in [2.75, 3.05) is 43.6 Å². The first-order valence-electron chi connectivity index (χ1n) is 9.88. The van der Waals surface area contributed by atoms with Crippen LogP contribution in [0.2, 0.25) is 0 Å². The Bertz CT molecular complexity index is 967. The number of amides is 2. The molecule has 0 aliphatic carbocycles. The predicted molar refractivity (Wildman–Crippen MR) is 128 cm³/mol. The Hall–Kier alpha value is -3.97. The molecule has 0 aliphatic heterocycles. The molecule has 0 saturated carbocycles. The lowest BCUT2D eigenvalue weighted by atomic mass is 10.2. The van der Waals surface area contributed by atoms with Crippen molar-refractivity contribution in [3.8, 4) is 12.4 Å². The summed E-state index contributed by atoms with van der Waals surface area (Å²) in [6, 6.07) is 5.48. The average molecular weight is 474 g/mol. The summed E-state index contributed by atoms with van der Waals surface area (Å²) in [7, 11) is 2.65. The molecule has 1 aromatic carbocycles. The maximum Gasteiger partial charge on any atom is 0.413 e. The lowest BCUT2D eigenvalue weighted by Crippen LogP contribution is -2.39. The lowest BCUT2D eigenvalue weighted by Gasteiger charge is -2.17. The van der Waals surface area contributed by atoms with E-state index >= 15 is 0 Å². The molecule has 0 bridgehead atoms. The van der Waals surface area contributed by atoms with Crippen LogP contribution in [0.4, 0.5) is 16.2 Å². The summed E-state index contributed by atoms with van der Waals surface area (Å²) in [5.74, 6) is 0.779. The number of carbonyl (C=O) groups excluding carboxylic acids is 2. The molecule has 2 amide bonds. The van der Waals surface area contributed by atoms with Crippen LogP contribution in [0.3, 0.4) is 0 Å². The van der Waals surface area contributed by atoms with E-state index in [0.29, 0.717) is 11.4 Å². The third-order valence-corrected chi connectivity index (χ3v) is 4.98. The minimum atomic E-state index is -0.752. The molecule has 0 aliphatic rings. The highest BCUT2D eigenvalue weighted by molar-refractivity contribution is 7.99. The van der Waals surface area contributed by atoms with Crippen LogP contribution < -0.4 is 21.3 Å². The van der Waals surface area contributed by atoms with Crippen molar-refractivity contribution < 1.29 is 14.3 Å². The zero-order valence-corrected chi connectivity index (χ0v) is 19.7. The number of alkyl carbamates (subject to hydrolysis) is 1. The maximum atomic E-state index is 11.8. The summed E-state index contributed by atoms with van der Waals surface area (Å²) in [6.07, 6.45) is 3.86. The number of nitrogens with zero attached hydrogens (tertiary/aromatic N) is 5. The molecule has 12 nitrogen and oxygen atoms in total. The van der Waals surface area contributed by atoms with E-state index in [2.05, 4.69) is 42.9 Å². The first kappa shape index (κ1) is 27.1. The molecule has 0 atom stereocenters. The molecule has 176 valence electrons. The lowest BCUT2D eigenvalue weighted by molar-refractivity contribution is -0.114. The van der Waals surface area contributed by atoms with E-state index in [-0.39, 0.29) is 30.9 Å². The third-order valence-electron chi connectivity index (χ3n) is 3.78. The second-order valence-corrected chi connectivity index (χ2v) is 7.41. The van der Waals surface area contributed by atoms with E-state index in [1.54, 1.807) is 24.0 Å². The highest BCUT2D eigenvalue weighted by Crippen LogP contribution is 2.29. The number of anilines is 2. The monoisotopic (exact) mass is 473 g/mol. The Morgan fingerprint density at radius 1 is 1.24 bits per heavy atom. The van der Waals surface area contributed by atoms with E-state index in [1.807, 2.05) is 18.3 Å². The number of nitriles is 2. The zero-order valence-electron chi connectivity index (χ0n) is 18.9. The number of thioether (sulfide) groups is 1. The molecule has 0 radical (unpaired) electrons. The highest BCUT2D eigenvalue weighted by Gasteiger charge is 2.13. The number of hydrogen-bond donors (Lipinski definition) is 4. The number of ether oxygens (including phenoxy) is 1. The van der Waals surface area contributed by atoms with Gasteiger partial charge in [-0.05, 0) is 30.4 Å². The Kier molecular flexibility index (Phi) is 12.2. The molecule has 0 aromatic heterocycles. The van der Waals surface area contributed by atoms with Crippen LogP contribution in [0.1, 0.15) is 20.3 Å². The van der Waals surface area contributed by atoms with Gasteiger partial charge >= 0.3 is 6.09 Å². The van der Waals surface area contributed by atoms with Gasteiger partial charge in [0.05, 0.1) is 31.6 Å². The van der Waals surface area contributed by atoms with Crippen molar-refractivity contribution >= 4 is 47.1 Å². The predicted octanol–water partition coefficient (Wildman–Crippen LogP) is 2.11. The van der Waals surface area contributed by atoms with Crippen LogP contribution in [-0.4, -0.2) is 61.8 Å². The topological polar surface area (TPSA) is 167 Å². The van der Waals surface area contributed by atoms with Gasteiger partial charge < -0.3 is 15.4 Å². The van der Waals surface area contributed by atoms with Gasteiger partial charge in [0.25, 0.3) is 0 Å². The number of nitrogens with one attached hydrogen (secondary N) is 4.